The number of rotatable bonds is 2. The van der Waals surface area contributed by atoms with Gasteiger partial charge >= 0.3 is 0 Å². The molecule has 9 nitrogen and oxygen atoms in total. The maximum Gasteiger partial charge on any atom is 0.156 e. The molecule has 2 aliphatic rings. The lowest BCUT2D eigenvalue weighted by atomic mass is 9.84. The zero-order chi connectivity index (χ0) is 26.1. The molecule has 2 aromatic heterocycles. The van der Waals surface area contributed by atoms with E-state index in [0.29, 0.717) is 40.3 Å². The van der Waals surface area contributed by atoms with E-state index < -0.39 is 31.7 Å². The van der Waals surface area contributed by atoms with Crippen molar-refractivity contribution < 1.29 is 13.8 Å². The summed E-state index contributed by atoms with van der Waals surface area (Å²) in [5, 5.41) is 12.7. The molecule has 10 heteroatoms. The molecule has 188 valence electrons. The molecule has 0 saturated carbocycles. The molecular weight excluding hydrogens is 476 g/mol. The standard InChI is InChI=1S/C26H30N6O3S/c1-24(2)12-20-26(5,32-23(28)25(3,4)36(20,33)34)18-11-17(6-7-19(18)35-24)31-22-21-16(8-9-29-22)10-15(13-27)14-30-21/h6-11,14,20,33-34H,12H2,1-5H3,(H2,28,32)(H,29,31)/t20-,26-/m1/s1. The molecule has 4 heterocycles. The monoisotopic (exact) mass is 506 g/mol. The van der Waals surface area contributed by atoms with Crippen molar-refractivity contribution in [3.05, 3.63) is 53.9 Å². The van der Waals surface area contributed by atoms with Crippen LogP contribution >= 0.6 is 10.6 Å². The highest BCUT2D eigenvalue weighted by molar-refractivity contribution is 8.26. The Labute approximate surface area is 211 Å². The van der Waals surface area contributed by atoms with Crippen LogP contribution in [0.4, 0.5) is 11.5 Å². The largest absolute Gasteiger partial charge is 0.487 e. The van der Waals surface area contributed by atoms with Gasteiger partial charge in [0.25, 0.3) is 0 Å². The van der Waals surface area contributed by atoms with E-state index in [1.54, 1.807) is 32.2 Å². The Morgan fingerprint density at radius 2 is 1.89 bits per heavy atom. The van der Waals surface area contributed by atoms with Crippen molar-refractivity contribution in [1.82, 2.24) is 9.97 Å². The normalized spacial score (nSPS) is 26.3. The SMILES string of the molecule is CC1(C)C[C@@H]2[C@](C)(N=C(N)C(C)(C)S2(O)O)c2cc(Nc3nccc4cc(C#N)cnc34)ccc2O1. The van der Waals surface area contributed by atoms with Crippen LogP contribution in [-0.2, 0) is 5.54 Å². The second-order valence-electron chi connectivity index (χ2n) is 10.7. The van der Waals surface area contributed by atoms with Crippen molar-refractivity contribution >= 4 is 38.8 Å². The lowest BCUT2D eigenvalue weighted by Gasteiger charge is -2.59. The van der Waals surface area contributed by atoms with Crippen LogP contribution in [-0.4, -0.2) is 40.5 Å². The smallest absolute Gasteiger partial charge is 0.156 e. The van der Waals surface area contributed by atoms with Crippen molar-refractivity contribution in [2.45, 2.75) is 62.2 Å². The fourth-order valence-electron chi connectivity index (χ4n) is 5.06. The van der Waals surface area contributed by atoms with Gasteiger partial charge in [0.1, 0.15) is 39.1 Å². The molecule has 0 fully saturated rings. The number of nitrogens with one attached hydrogen (secondary N) is 1. The zero-order valence-electron chi connectivity index (χ0n) is 20.9. The first-order valence-electron chi connectivity index (χ1n) is 11.7. The average Bonchev–Trinajstić information content (AvgIpc) is 2.90. The Morgan fingerprint density at radius 3 is 2.61 bits per heavy atom. The molecular formula is C26H30N6O3S. The van der Waals surface area contributed by atoms with E-state index in [0.717, 1.165) is 5.39 Å². The molecule has 0 amide bonds. The molecule has 2 atom stereocenters. The van der Waals surface area contributed by atoms with Gasteiger partial charge in [-0.1, -0.05) is 0 Å². The third-order valence-electron chi connectivity index (χ3n) is 7.32. The number of nitriles is 1. The van der Waals surface area contributed by atoms with Gasteiger partial charge in [0.15, 0.2) is 5.82 Å². The Bertz CT molecular complexity index is 1460. The summed E-state index contributed by atoms with van der Waals surface area (Å²) in [4.78, 5) is 13.8. The van der Waals surface area contributed by atoms with Gasteiger partial charge in [-0.25, -0.2) is 4.98 Å². The summed E-state index contributed by atoms with van der Waals surface area (Å²) in [6.45, 7) is 9.24. The maximum atomic E-state index is 11.5. The quantitative estimate of drug-likeness (QED) is 0.366. The van der Waals surface area contributed by atoms with E-state index in [-0.39, 0.29) is 5.84 Å². The first kappa shape index (κ1) is 24.3. The molecule has 5 N–H and O–H groups in total. The van der Waals surface area contributed by atoms with E-state index in [4.69, 9.17) is 15.5 Å². The third-order valence-corrected chi connectivity index (χ3v) is 10.5. The summed E-state index contributed by atoms with van der Waals surface area (Å²) in [6, 6.07) is 11.3. The van der Waals surface area contributed by atoms with Gasteiger partial charge in [0.05, 0.1) is 10.8 Å². The van der Waals surface area contributed by atoms with Crippen LogP contribution in [0.5, 0.6) is 5.75 Å². The van der Waals surface area contributed by atoms with Crippen molar-refractivity contribution in [3.8, 4) is 11.8 Å². The number of amidine groups is 1. The zero-order valence-corrected chi connectivity index (χ0v) is 21.7. The van der Waals surface area contributed by atoms with E-state index in [1.807, 2.05) is 39.0 Å². The number of nitrogens with zero attached hydrogens (tertiary/aromatic N) is 4. The second kappa shape index (κ2) is 7.80. The lowest BCUT2D eigenvalue weighted by molar-refractivity contribution is 0.100. The van der Waals surface area contributed by atoms with Crippen molar-refractivity contribution in [1.29, 1.82) is 5.26 Å². The Hall–Kier alpha value is -3.39. The minimum Gasteiger partial charge on any atom is -0.487 e. The number of ether oxygens (including phenoxy) is 1. The highest BCUT2D eigenvalue weighted by Crippen LogP contribution is 2.67. The summed E-state index contributed by atoms with van der Waals surface area (Å²) in [5.41, 5.74) is 7.19. The number of nitrogens with two attached hydrogens (primary N) is 1. The first-order valence-corrected chi connectivity index (χ1v) is 13.3. The fraction of sp³-hybridized carbons (Fsp3) is 0.385. The van der Waals surface area contributed by atoms with Crippen LogP contribution in [0.1, 0.15) is 52.2 Å². The number of fused-ring (bicyclic) bond motifs is 4. The van der Waals surface area contributed by atoms with Crippen LogP contribution in [0.25, 0.3) is 10.9 Å². The molecule has 0 spiro atoms. The molecule has 0 aliphatic carbocycles. The predicted octanol–water partition coefficient (Wildman–Crippen LogP) is 5.29. The molecule has 0 saturated heterocycles. The van der Waals surface area contributed by atoms with Crippen molar-refractivity contribution in [2.75, 3.05) is 5.32 Å². The minimum absolute atomic E-state index is 0.207. The van der Waals surface area contributed by atoms with E-state index in [1.165, 1.54) is 6.20 Å². The molecule has 5 rings (SSSR count). The van der Waals surface area contributed by atoms with Gasteiger partial charge in [0.2, 0.25) is 0 Å². The number of benzene rings is 1. The van der Waals surface area contributed by atoms with Crippen LogP contribution in [0.3, 0.4) is 0 Å². The Kier molecular flexibility index (Phi) is 5.27. The fourth-order valence-corrected chi connectivity index (χ4v) is 7.58. The average molecular weight is 507 g/mol. The highest BCUT2D eigenvalue weighted by atomic mass is 32.3. The summed E-state index contributed by atoms with van der Waals surface area (Å²) in [6.07, 6.45) is 3.56. The summed E-state index contributed by atoms with van der Waals surface area (Å²) < 4.78 is 28.4. The van der Waals surface area contributed by atoms with Crippen molar-refractivity contribution in [2.24, 2.45) is 10.7 Å². The Balaban J connectivity index is 1.65. The predicted molar refractivity (Wildman–Crippen MR) is 143 cm³/mol. The molecule has 0 unspecified atom stereocenters. The first-order chi connectivity index (χ1) is 16.8. The lowest BCUT2D eigenvalue weighted by Crippen LogP contribution is -2.57. The summed E-state index contributed by atoms with van der Waals surface area (Å²) in [7, 11) is -3.22. The van der Waals surface area contributed by atoms with Gasteiger partial charge in [-0.05, 0) is 65.0 Å². The second-order valence-corrected chi connectivity index (χ2v) is 13.5. The molecule has 2 aliphatic heterocycles. The van der Waals surface area contributed by atoms with Gasteiger partial charge in [0, 0.05) is 35.5 Å². The van der Waals surface area contributed by atoms with Crippen LogP contribution in [0.15, 0.2) is 47.7 Å². The molecule has 36 heavy (non-hydrogen) atoms. The van der Waals surface area contributed by atoms with E-state index in [2.05, 4.69) is 21.4 Å². The number of hydrogen-bond donors (Lipinski definition) is 4. The van der Waals surface area contributed by atoms with Gasteiger partial charge < -0.3 is 15.8 Å². The van der Waals surface area contributed by atoms with E-state index in [9.17, 15) is 14.4 Å². The van der Waals surface area contributed by atoms with E-state index >= 15 is 0 Å². The molecule has 1 aromatic carbocycles. The third kappa shape index (κ3) is 3.58. The Morgan fingerprint density at radius 1 is 1.14 bits per heavy atom. The maximum absolute atomic E-state index is 11.5. The van der Waals surface area contributed by atoms with Crippen LogP contribution in [0, 0.1) is 11.3 Å². The minimum atomic E-state index is -3.22. The molecule has 0 bridgehead atoms. The molecule has 0 radical (unpaired) electrons. The van der Waals surface area contributed by atoms with Crippen LogP contribution in [0.2, 0.25) is 0 Å². The molecule has 3 aromatic rings. The summed E-state index contributed by atoms with van der Waals surface area (Å²) in [5.74, 6) is 1.36. The van der Waals surface area contributed by atoms with Crippen molar-refractivity contribution in [3.63, 3.8) is 0 Å². The number of aliphatic imine (C=N–C) groups is 1. The number of pyridine rings is 2. The highest BCUT2D eigenvalue weighted by Gasteiger charge is 2.59. The number of aromatic nitrogens is 2. The number of hydrogen-bond acceptors (Lipinski definition) is 9. The summed E-state index contributed by atoms with van der Waals surface area (Å²) >= 11 is 0. The van der Waals surface area contributed by atoms with Gasteiger partial charge in [-0.15, -0.1) is 0 Å². The number of anilines is 2. The topological polar surface area (TPSA) is 150 Å². The van der Waals surface area contributed by atoms with Gasteiger partial charge in [-0.2, -0.15) is 15.9 Å². The van der Waals surface area contributed by atoms with Crippen LogP contribution < -0.4 is 15.8 Å². The van der Waals surface area contributed by atoms with Gasteiger partial charge in [-0.3, -0.25) is 19.1 Å².